The van der Waals surface area contributed by atoms with Crippen LogP contribution in [0.15, 0.2) is 158 Å². The average molecular weight is 1140 g/mol. The van der Waals surface area contributed by atoms with Gasteiger partial charge in [0.2, 0.25) is 5.91 Å². The number of aliphatic hydroxyl groups is 5. The minimum atomic E-state index is -1.59. The molecule has 0 aromatic heterocycles. The van der Waals surface area contributed by atoms with Gasteiger partial charge in [0.1, 0.15) is 24.4 Å². The molecular formula is C73H119NO8. The molecule has 1 saturated heterocycles. The molecule has 1 fully saturated rings. The van der Waals surface area contributed by atoms with Gasteiger partial charge in [0, 0.05) is 6.42 Å². The fourth-order valence-corrected chi connectivity index (χ4v) is 9.22. The first-order valence-electron chi connectivity index (χ1n) is 32.7. The SMILES string of the molecule is CC/C=C\C/C=C\C/C=C\C/C=C\C/C=C\C/C=C\C/C=C\C/C=C\C/C=C\C/C=C\CCCCCCCCCCC(=O)NC(COC1OC(CO)C(O)C(O)C1O)C(O)/C=C/CC/C=C/CC/C=C/CCCCCCCCCCCC. The summed E-state index contributed by atoms with van der Waals surface area (Å²) in [6.07, 6.45) is 87.5. The van der Waals surface area contributed by atoms with E-state index in [1.165, 1.54) is 89.9 Å². The summed E-state index contributed by atoms with van der Waals surface area (Å²) in [7, 11) is 0. The van der Waals surface area contributed by atoms with Gasteiger partial charge >= 0.3 is 0 Å². The van der Waals surface area contributed by atoms with E-state index >= 15 is 0 Å². The summed E-state index contributed by atoms with van der Waals surface area (Å²) in [4.78, 5) is 13.1. The molecule has 0 bridgehead atoms. The van der Waals surface area contributed by atoms with Gasteiger partial charge in [0.25, 0.3) is 0 Å². The zero-order valence-electron chi connectivity index (χ0n) is 51.7. The van der Waals surface area contributed by atoms with E-state index in [-0.39, 0.29) is 12.5 Å². The van der Waals surface area contributed by atoms with Crippen LogP contribution >= 0.6 is 0 Å². The van der Waals surface area contributed by atoms with Crippen LogP contribution in [0.4, 0.5) is 0 Å². The maximum absolute atomic E-state index is 13.1. The van der Waals surface area contributed by atoms with Gasteiger partial charge in [-0.25, -0.2) is 0 Å². The van der Waals surface area contributed by atoms with Crippen molar-refractivity contribution < 1.29 is 39.8 Å². The molecule has 1 heterocycles. The third-order valence-corrected chi connectivity index (χ3v) is 14.3. The lowest BCUT2D eigenvalue weighted by Gasteiger charge is -2.40. The number of rotatable bonds is 54. The largest absolute Gasteiger partial charge is 0.394 e. The molecule has 464 valence electrons. The first kappa shape index (κ1) is 75.8. The van der Waals surface area contributed by atoms with Crippen molar-refractivity contribution >= 4 is 5.91 Å². The van der Waals surface area contributed by atoms with E-state index in [2.05, 4.69) is 165 Å². The standard InChI is InChI=1S/C73H119NO8/c1-3-5-7-9-11-13-15-17-19-21-23-25-26-27-28-29-30-31-32-33-34-35-36-37-38-39-40-41-42-43-45-47-49-51-53-55-57-59-61-63-69(77)74-66(65-81-73-72(80)71(79)70(78)68(64-75)82-73)67(76)62-60-58-56-54-52-50-48-46-44-24-22-20-18-16-14-12-10-8-6-4-2/h5,7,11,13,17,19,23,25,27-28,30-31,33-34,36-37,39-40,42-44,46,52,54,60,62,66-68,70-73,75-76,78-80H,3-4,6,8-10,12,14-16,18,20-22,24,26,29,32,35,38,41,45,47-51,53,55-59,61,63-65H2,1-2H3,(H,74,77)/b7-5-,13-11-,19-17-,25-23-,28-27-,31-30-,34-33-,37-36-,40-39-,43-42-,46-44+,54-52+,62-60+. The third kappa shape index (κ3) is 48.2. The fraction of sp³-hybridized carbons (Fsp3) is 0.630. The van der Waals surface area contributed by atoms with Crippen molar-refractivity contribution in [2.75, 3.05) is 13.2 Å². The molecule has 0 aliphatic carbocycles. The zero-order chi connectivity index (χ0) is 59.3. The minimum Gasteiger partial charge on any atom is -0.394 e. The average Bonchev–Trinajstić information content (AvgIpc) is 3.52. The van der Waals surface area contributed by atoms with Crippen LogP contribution in [0.1, 0.15) is 239 Å². The van der Waals surface area contributed by atoms with Crippen molar-refractivity contribution in [1.29, 1.82) is 0 Å². The lowest BCUT2D eigenvalue weighted by molar-refractivity contribution is -0.302. The lowest BCUT2D eigenvalue weighted by atomic mass is 9.99. The van der Waals surface area contributed by atoms with Crippen molar-refractivity contribution in [1.82, 2.24) is 5.32 Å². The van der Waals surface area contributed by atoms with Gasteiger partial charge in [-0.15, -0.1) is 0 Å². The van der Waals surface area contributed by atoms with E-state index in [1.54, 1.807) is 6.08 Å². The van der Waals surface area contributed by atoms with E-state index in [0.717, 1.165) is 128 Å². The number of carbonyl (C=O) groups excluding carboxylic acids is 1. The number of hydrogen-bond donors (Lipinski definition) is 6. The Morgan fingerprint density at radius 2 is 0.768 bits per heavy atom. The number of amides is 1. The molecule has 1 amide bonds. The van der Waals surface area contributed by atoms with E-state index in [4.69, 9.17) is 9.47 Å². The Bertz CT molecular complexity index is 1850. The Balaban J connectivity index is 2.21. The molecule has 6 N–H and O–H groups in total. The third-order valence-electron chi connectivity index (χ3n) is 14.3. The van der Waals surface area contributed by atoms with Crippen LogP contribution < -0.4 is 5.32 Å². The van der Waals surface area contributed by atoms with Gasteiger partial charge < -0.3 is 40.3 Å². The Kier molecular flexibility index (Phi) is 55.4. The maximum Gasteiger partial charge on any atom is 0.220 e. The molecule has 1 aliphatic heterocycles. The molecule has 82 heavy (non-hydrogen) atoms. The Hall–Kier alpha value is -4.19. The molecule has 9 heteroatoms. The number of nitrogens with one attached hydrogen (secondary N) is 1. The summed E-state index contributed by atoms with van der Waals surface area (Å²) in [5.74, 6) is -0.205. The summed E-state index contributed by atoms with van der Waals surface area (Å²) in [6, 6.07) is -0.845. The number of allylic oxidation sites excluding steroid dienone is 25. The van der Waals surface area contributed by atoms with Crippen LogP contribution in [0, 0.1) is 0 Å². The van der Waals surface area contributed by atoms with E-state index in [0.29, 0.717) is 6.42 Å². The summed E-state index contributed by atoms with van der Waals surface area (Å²) in [6.45, 7) is 3.63. The molecule has 0 aromatic carbocycles. The van der Waals surface area contributed by atoms with Crippen LogP contribution in [0.5, 0.6) is 0 Å². The Morgan fingerprint density at radius 1 is 0.427 bits per heavy atom. The molecule has 7 atom stereocenters. The highest BCUT2D eigenvalue weighted by atomic mass is 16.7. The van der Waals surface area contributed by atoms with Crippen LogP contribution in [-0.2, 0) is 14.3 Å². The minimum absolute atomic E-state index is 0.205. The second kappa shape index (κ2) is 60.0. The van der Waals surface area contributed by atoms with Gasteiger partial charge in [-0.3, -0.25) is 4.79 Å². The zero-order valence-corrected chi connectivity index (χ0v) is 51.7. The molecule has 7 unspecified atom stereocenters. The number of carbonyl (C=O) groups is 1. The number of hydrogen-bond acceptors (Lipinski definition) is 8. The van der Waals surface area contributed by atoms with Crippen LogP contribution in [0.25, 0.3) is 0 Å². The number of unbranched alkanes of at least 4 members (excludes halogenated alkanes) is 20. The Morgan fingerprint density at radius 3 is 1.17 bits per heavy atom. The van der Waals surface area contributed by atoms with Gasteiger partial charge in [0.15, 0.2) is 6.29 Å². The molecule has 0 spiro atoms. The number of ether oxygens (including phenoxy) is 2. The predicted octanol–water partition coefficient (Wildman–Crippen LogP) is 17.6. The van der Waals surface area contributed by atoms with E-state index in [9.17, 15) is 30.3 Å². The van der Waals surface area contributed by atoms with Gasteiger partial charge in [0.05, 0.1) is 25.4 Å². The van der Waals surface area contributed by atoms with E-state index < -0.39 is 49.5 Å². The monoisotopic (exact) mass is 1140 g/mol. The highest BCUT2D eigenvalue weighted by Crippen LogP contribution is 2.23. The quantitative estimate of drug-likeness (QED) is 0.0261. The molecule has 1 rings (SSSR count). The lowest BCUT2D eigenvalue weighted by Crippen LogP contribution is -2.60. The normalized spacial score (nSPS) is 19.4. The summed E-state index contributed by atoms with van der Waals surface area (Å²) in [5, 5.41) is 54.6. The van der Waals surface area contributed by atoms with E-state index in [1.807, 2.05) is 6.08 Å². The highest BCUT2D eigenvalue weighted by Gasteiger charge is 2.44. The molecule has 0 aromatic rings. The topological polar surface area (TPSA) is 149 Å². The summed E-state index contributed by atoms with van der Waals surface area (Å²) < 4.78 is 11.3. The van der Waals surface area contributed by atoms with Crippen LogP contribution in [0.3, 0.4) is 0 Å². The fourth-order valence-electron chi connectivity index (χ4n) is 9.22. The molecule has 0 saturated carbocycles. The van der Waals surface area contributed by atoms with Crippen LogP contribution in [0.2, 0.25) is 0 Å². The second-order valence-corrected chi connectivity index (χ2v) is 21.8. The second-order valence-electron chi connectivity index (χ2n) is 21.8. The Labute approximate surface area is 501 Å². The van der Waals surface area contributed by atoms with Crippen molar-refractivity contribution in [3.05, 3.63) is 158 Å². The summed E-state index contributed by atoms with van der Waals surface area (Å²) >= 11 is 0. The van der Waals surface area contributed by atoms with Crippen molar-refractivity contribution in [3.8, 4) is 0 Å². The predicted molar refractivity (Wildman–Crippen MR) is 349 cm³/mol. The first-order valence-corrected chi connectivity index (χ1v) is 32.7. The maximum atomic E-state index is 13.1. The van der Waals surface area contributed by atoms with Gasteiger partial charge in [-0.1, -0.05) is 268 Å². The molecular weight excluding hydrogens is 1020 g/mol. The van der Waals surface area contributed by atoms with Crippen molar-refractivity contribution in [2.45, 2.75) is 281 Å². The van der Waals surface area contributed by atoms with Gasteiger partial charge in [-0.2, -0.15) is 0 Å². The first-order chi connectivity index (χ1) is 40.3. The molecule has 1 aliphatic rings. The van der Waals surface area contributed by atoms with Crippen molar-refractivity contribution in [2.24, 2.45) is 0 Å². The highest BCUT2D eigenvalue weighted by molar-refractivity contribution is 5.76. The van der Waals surface area contributed by atoms with Crippen LogP contribution in [-0.4, -0.2) is 87.5 Å². The summed E-state index contributed by atoms with van der Waals surface area (Å²) in [5.41, 5.74) is 0. The smallest absolute Gasteiger partial charge is 0.220 e. The molecule has 9 nitrogen and oxygen atoms in total. The number of aliphatic hydroxyl groups excluding tert-OH is 5. The van der Waals surface area contributed by atoms with Crippen molar-refractivity contribution in [3.63, 3.8) is 0 Å². The van der Waals surface area contributed by atoms with Gasteiger partial charge in [-0.05, 0) is 122 Å². The molecule has 0 radical (unpaired) electrons.